The summed E-state index contributed by atoms with van der Waals surface area (Å²) in [4.78, 5) is 12.6. The first-order valence-electron chi connectivity index (χ1n) is 8.43. The zero-order valence-corrected chi connectivity index (χ0v) is 15.3. The van der Waals surface area contributed by atoms with Crippen molar-refractivity contribution in [2.24, 2.45) is 0 Å². The van der Waals surface area contributed by atoms with Crippen LogP contribution in [0.25, 0.3) is 0 Å². The highest BCUT2D eigenvalue weighted by Gasteiger charge is 2.32. The minimum atomic E-state index is -0.880. The number of benzene rings is 1. The smallest absolute Gasteiger partial charge is 0.256 e. The molecule has 0 radical (unpaired) electrons. The van der Waals surface area contributed by atoms with Gasteiger partial charge in [-0.3, -0.25) is 4.79 Å². The molecule has 0 aliphatic heterocycles. The Hall–Kier alpha value is -2.06. The third kappa shape index (κ3) is 5.54. The standard InChI is InChI=1S/C19H28N2O3/c1-6-7-8-11-19(4,23-5)18(22)21-16-9-10-17(24-14(2)3)15(12-16)13-20/h9-10,12,14H,6-8,11H2,1-5H3,(H,21,22). The molecule has 132 valence electrons. The van der Waals surface area contributed by atoms with Gasteiger partial charge in [-0.25, -0.2) is 0 Å². The molecule has 1 rings (SSSR count). The van der Waals surface area contributed by atoms with E-state index in [0.717, 1.165) is 19.3 Å². The van der Waals surface area contributed by atoms with E-state index in [1.807, 2.05) is 13.8 Å². The number of hydrogen-bond donors (Lipinski definition) is 1. The van der Waals surface area contributed by atoms with E-state index in [1.165, 1.54) is 0 Å². The molecule has 0 aromatic heterocycles. The number of amides is 1. The minimum absolute atomic E-state index is 0.0205. The van der Waals surface area contributed by atoms with Crippen LogP contribution in [0.3, 0.4) is 0 Å². The number of carbonyl (C=O) groups excluding carboxylic acids is 1. The van der Waals surface area contributed by atoms with E-state index in [9.17, 15) is 10.1 Å². The van der Waals surface area contributed by atoms with E-state index in [4.69, 9.17) is 9.47 Å². The second-order valence-corrected chi connectivity index (χ2v) is 6.34. The van der Waals surface area contributed by atoms with Crippen molar-refractivity contribution in [3.8, 4) is 11.8 Å². The van der Waals surface area contributed by atoms with Gasteiger partial charge >= 0.3 is 0 Å². The van der Waals surface area contributed by atoms with Crippen LogP contribution in [0.15, 0.2) is 18.2 Å². The number of unbranched alkanes of at least 4 members (excludes halogenated alkanes) is 2. The van der Waals surface area contributed by atoms with Crippen molar-refractivity contribution in [1.82, 2.24) is 0 Å². The first-order valence-corrected chi connectivity index (χ1v) is 8.43. The molecule has 1 N–H and O–H groups in total. The molecule has 0 bridgehead atoms. The van der Waals surface area contributed by atoms with Gasteiger partial charge in [0, 0.05) is 12.8 Å². The van der Waals surface area contributed by atoms with E-state index < -0.39 is 5.60 Å². The van der Waals surface area contributed by atoms with Gasteiger partial charge in [0.25, 0.3) is 5.91 Å². The molecule has 1 unspecified atom stereocenters. The van der Waals surface area contributed by atoms with Crippen molar-refractivity contribution in [2.45, 2.75) is 65.1 Å². The average Bonchev–Trinajstić information content (AvgIpc) is 2.55. The summed E-state index contributed by atoms with van der Waals surface area (Å²) < 4.78 is 11.0. The van der Waals surface area contributed by atoms with E-state index in [-0.39, 0.29) is 12.0 Å². The number of anilines is 1. The summed E-state index contributed by atoms with van der Waals surface area (Å²) in [5.41, 5.74) is 0.0766. The summed E-state index contributed by atoms with van der Waals surface area (Å²) in [7, 11) is 1.55. The van der Waals surface area contributed by atoms with Gasteiger partial charge in [-0.05, 0) is 45.4 Å². The minimum Gasteiger partial charge on any atom is -0.490 e. The van der Waals surface area contributed by atoms with Crippen LogP contribution in [0.4, 0.5) is 5.69 Å². The fraction of sp³-hybridized carbons (Fsp3) is 0.579. The Kier molecular flexibility index (Phi) is 7.73. The fourth-order valence-corrected chi connectivity index (χ4v) is 2.34. The topological polar surface area (TPSA) is 71.3 Å². The molecule has 5 nitrogen and oxygen atoms in total. The molecular weight excluding hydrogens is 304 g/mol. The molecule has 0 aliphatic carbocycles. The van der Waals surface area contributed by atoms with Crippen LogP contribution in [0, 0.1) is 11.3 Å². The molecule has 0 aliphatic rings. The Bertz CT molecular complexity index is 593. The SMILES string of the molecule is CCCCCC(C)(OC)C(=O)Nc1ccc(OC(C)C)c(C#N)c1. The molecule has 24 heavy (non-hydrogen) atoms. The Labute approximate surface area is 145 Å². The third-order valence-electron chi connectivity index (χ3n) is 3.91. The highest BCUT2D eigenvalue weighted by Crippen LogP contribution is 2.25. The van der Waals surface area contributed by atoms with Crippen LogP contribution in [-0.4, -0.2) is 24.7 Å². The van der Waals surface area contributed by atoms with Gasteiger partial charge in [0.15, 0.2) is 0 Å². The zero-order valence-electron chi connectivity index (χ0n) is 15.3. The maximum absolute atomic E-state index is 12.6. The summed E-state index contributed by atoms with van der Waals surface area (Å²) in [6.07, 6.45) is 3.71. The van der Waals surface area contributed by atoms with Crippen LogP contribution in [0.1, 0.15) is 58.9 Å². The Morgan fingerprint density at radius 2 is 2.08 bits per heavy atom. The summed E-state index contributed by atoms with van der Waals surface area (Å²) in [6.45, 7) is 7.71. The summed E-state index contributed by atoms with van der Waals surface area (Å²) in [6, 6.07) is 7.16. The summed E-state index contributed by atoms with van der Waals surface area (Å²) in [5, 5.41) is 12.1. The lowest BCUT2D eigenvalue weighted by Gasteiger charge is -2.27. The third-order valence-corrected chi connectivity index (χ3v) is 3.91. The largest absolute Gasteiger partial charge is 0.490 e. The molecule has 0 spiro atoms. The predicted octanol–water partition coefficient (Wildman–Crippen LogP) is 4.27. The van der Waals surface area contributed by atoms with Gasteiger partial charge in [-0.15, -0.1) is 0 Å². The van der Waals surface area contributed by atoms with E-state index in [2.05, 4.69) is 18.3 Å². The molecule has 5 heteroatoms. The lowest BCUT2D eigenvalue weighted by molar-refractivity contribution is -0.136. The van der Waals surface area contributed by atoms with Gasteiger partial charge < -0.3 is 14.8 Å². The van der Waals surface area contributed by atoms with Crippen molar-refractivity contribution in [2.75, 3.05) is 12.4 Å². The van der Waals surface area contributed by atoms with Gasteiger partial charge in [0.2, 0.25) is 0 Å². The van der Waals surface area contributed by atoms with Crippen molar-refractivity contribution in [3.05, 3.63) is 23.8 Å². The van der Waals surface area contributed by atoms with Crippen molar-refractivity contribution < 1.29 is 14.3 Å². The van der Waals surface area contributed by atoms with Gasteiger partial charge in [0.05, 0.1) is 11.7 Å². The Morgan fingerprint density at radius 3 is 2.62 bits per heavy atom. The van der Waals surface area contributed by atoms with E-state index in [0.29, 0.717) is 23.4 Å². The Morgan fingerprint density at radius 1 is 1.38 bits per heavy atom. The second kappa shape index (κ2) is 9.29. The average molecular weight is 332 g/mol. The number of rotatable bonds is 9. The number of ether oxygens (including phenoxy) is 2. The molecule has 0 fully saturated rings. The lowest BCUT2D eigenvalue weighted by Crippen LogP contribution is -2.42. The van der Waals surface area contributed by atoms with Gasteiger partial charge in [-0.1, -0.05) is 26.2 Å². The quantitative estimate of drug-likeness (QED) is 0.686. The first kappa shape index (κ1) is 20.0. The second-order valence-electron chi connectivity index (χ2n) is 6.34. The number of nitriles is 1. The molecule has 1 aromatic rings. The number of methoxy groups -OCH3 is 1. The lowest BCUT2D eigenvalue weighted by atomic mass is 9.97. The highest BCUT2D eigenvalue weighted by atomic mass is 16.5. The Balaban J connectivity index is 2.87. The molecule has 1 aromatic carbocycles. The number of nitrogens with zero attached hydrogens (tertiary/aromatic N) is 1. The van der Waals surface area contributed by atoms with Crippen LogP contribution in [0.2, 0.25) is 0 Å². The van der Waals surface area contributed by atoms with Crippen molar-refractivity contribution >= 4 is 11.6 Å². The van der Waals surface area contributed by atoms with Crippen LogP contribution in [-0.2, 0) is 9.53 Å². The van der Waals surface area contributed by atoms with Gasteiger partial charge in [-0.2, -0.15) is 5.26 Å². The monoisotopic (exact) mass is 332 g/mol. The molecule has 0 saturated heterocycles. The van der Waals surface area contributed by atoms with Crippen LogP contribution in [0.5, 0.6) is 5.75 Å². The van der Waals surface area contributed by atoms with E-state index in [1.54, 1.807) is 32.2 Å². The normalized spacial score (nSPS) is 13.2. The fourth-order valence-electron chi connectivity index (χ4n) is 2.34. The molecule has 0 saturated carbocycles. The zero-order chi connectivity index (χ0) is 18.2. The summed E-state index contributed by atoms with van der Waals surface area (Å²) in [5.74, 6) is 0.311. The van der Waals surface area contributed by atoms with Crippen molar-refractivity contribution in [1.29, 1.82) is 5.26 Å². The first-order chi connectivity index (χ1) is 11.4. The molecule has 0 heterocycles. The van der Waals surface area contributed by atoms with Crippen LogP contribution >= 0.6 is 0 Å². The number of nitrogens with one attached hydrogen (secondary N) is 1. The number of hydrogen-bond acceptors (Lipinski definition) is 4. The molecule has 1 atom stereocenters. The van der Waals surface area contributed by atoms with Gasteiger partial charge in [0.1, 0.15) is 17.4 Å². The predicted molar refractivity (Wildman–Crippen MR) is 95.1 cm³/mol. The maximum Gasteiger partial charge on any atom is 0.256 e. The van der Waals surface area contributed by atoms with E-state index >= 15 is 0 Å². The van der Waals surface area contributed by atoms with Crippen LogP contribution < -0.4 is 10.1 Å². The molecular formula is C19H28N2O3. The highest BCUT2D eigenvalue weighted by molar-refractivity contribution is 5.97. The molecule has 1 amide bonds. The summed E-state index contributed by atoms with van der Waals surface area (Å²) >= 11 is 0. The maximum atomic E-state index is 12.6. The van der Waals surface area contributed by atoms with Crippen molar-refractivity contribution in [3.63, 3.8) is 0 Å². The number of carbonyl (C=O) groups is 1.